The first-order valence-electron chi connectivity index (χ1n) is 14.2. The van der Waals surface area contributed by atoms with Crippen molar-refractivity contribution in [3.8, 4) is 0 Å². The van der Waals surface area contributed by atoms with Crippen LogP contribution in [0.3, 0.4) is 0 Å². The SMILES string of the molecule is C/C=C/CC/C=C/CC/C=C/C(O)C(COC1OC(CO)C(O)C(O)C1O)NC(=O)CCCCCCCC. The Labute approximate surface area is 228 Å². The van der Waals surface area contributed by atoms with Crippen molar-refractivity contribution in [1.82, 2.24) is 5.32 Å². The average molecular weight is 542 g/mol. The molecule has 0 aromatic carbocycles. The first-order valence-corrected chi connectivity index (χ1v) is 14.2. The number of rotatable bonds is 20. The summed E-state index contributed by atoms with van der Waals surface area (Å²) in [6.45, 7) is 3.38. The summed E-state index contributed by atoms with van der Waals surface area (Å²) in [5.74, 6) is -0.209. The minimum atomic E-state index is -1.57. The van der Waals surface area contributed by atoms with Gasteiger partial charge in [-0.2, -0.15) is 0 Å². The van der Waals surface area contributed by atoms with Crippen molar-refractivity contribution in [2.75, 3.05) is 13.2 Å². The minimum Gasteiger partial charge on any atom is -0.394 e. The fourth-order valence-electron chi connectivity index (χ4n) is 4.13. The van der Waals surface area contributed by atoms with Crippen LogP contribution in [-0.2, 0) is 14.3 Å². The van der Waals surface area contributed by atoms with E-state index in [1.165, 1.54) is 6.42 Å². The van der Waals surface area contributed by atoms with E-state index < -0.39 is 49.5 Å². The number of aliphatic hydroxyl groups is 5. The van der Waals surface area contributed by atoms with Crippen LogP contribution in [0.4, 0.5) is 0 Å². The van der Waals surface area contributed by atoms with Gasteiger partial charge >= 0.3 is 0 Å². The van der Waals surface area contributed by atoms with E-state index >= 15 is 0 Å². The molecule has 7 unspecified atom stereocenters. The highest BCUT2D eigenvalue weighted by molar-refractivity contribution is 5.76. The lowest BCUT2D eigenvalue weighted by Gasteiger charge is -2.40. The molecule has 0 aromatic heterocycles. The number of ether oxygens (including phenoxy) is 2. The Balaban J connectivity index is 2.66. The highest BCUT2D eigenvalue weighted by Crippen LogP contribution is 2.22. The quantitative estimate of drug-likeness (QED) is 0.102. The molecule has 9 nitrogen and oxygen atoms in total. The van der Waals surface area contributed by atoms with Gasteiger partial charge in [-0.1, -0.05) is 75.5 Å². The van der Waals surface area contributed by atoms with Crippen LogP contribution >= 0.6 is 0 Å². The molecule has 220 valence electrons. The largest absolute Gasteiger partial charge is 0.394 e. The fraction of sp³-hybridized carbons (Fsp3) is 0.759. The zero-order chi connectivity index (χ0) is 28.2. The van der Waals surface area contributed by atoms with Crippen molar-refractivity contribution in [1.29, 1.82) is 0 Å². The van der Waals surface area contributed by atoms with Gasteiger partial charge in [-0.05, 0) is 39.0 Å². The lowest BCUT2D eigenvalue weighted by Crippen LogP contribution is -2.60. The number of carbonyl (C=O) groups is 1. The molecule has 1 rings (SSSR count). The predicted molar refractivity (Wildman–Crippen MR) is 147 cm³/mol. The summed E-state index contributed by atoms with van der Waals surface area (Å²) in [6, 6.07) is -0.817. The summed E-state index contributed by atoms with van der Waals surface area (Å²) < 4.78 is 11.0. The van der Waals surface area contributed by atoms with Crippen molar-refractivity contribution in [2.24, 2.45) is 0 Å². The number of allylic oxidation sites excluding steroid dienone is 5. The zero-order valence-electron chi connectivity index (χ0n) is 23.2. The van der Waals surface area contributed by atoms with Crippen LogP contribution in [0.25, 0.3) is 0 Å². The zero-order valence-corrected chi connectivity index (χ0v) is 23.2. The maximum Gasteiger partial charge on any atom is 0.220 e. The second kappa shape index (κ2) is 21.3. The molecular formula is C29H51NO8. The van der Waals surface area contributed by atoms with Crippen molar-refractivity contribution in [3.05, 3.63) is 36.5 Å². The normalized spacial score (nSPS) is 25.9. The Morgan fingerprint density at radius 1 is 0.921 bits per heavy atom. The highest BCUT2D eigenvalue weighted by Gasteiger charge is 2.44. The van der Waals surface area contributed by atoms with Gasteiger partial charge in [0.05, 0.1) is 25.4 Å². The van der Waals surface area contributed by atoms with Crippen LogP contribution in [0.5, 0.6) is 0 Å². The van der Waals surface area contributed by atoms with E-state index in [4.69, 9.17) is 9.47 Å². The van der Waals surface area contributed by atoms with Gasteiger partial charge in [0.15, 0.2) is 6.29 Å². The third-order valence-corrected chi connectivity index (χ3v) is 6.54. The number of hydrogen-bond donors (Lipinski definition) is 6. The van der Waals surface area contributed by atoms with Gasteiger partial charge in [-0.3, -0.25) is 4.79 Å². The number of nitrogens with one attached hydrogen (secondary N) is 1. The number of amides is 1. The van der Waals surface area contributed by atoms with E-state index in [0.29, 0.717) is 6.42 Å². The summed E-state index contributed by atoms with van der Waals surface area (Å²) in [5.41, 5.74) is 0. The Morgan fingerprint density at radius 2 is 1.55 bits per heavy atom. The molecule has 6 N–H and O–H groups in total. The third kappa shape index (κ3) is 14.0. The summed E-state index contributed by atoms with van der Waals surface area (Å²) in [7, 11) is 0. The number of hydrogen-bond acceptors (Lipinski definition) is 8. The Hall–Kier alpha value is -1.59. The first-order chi connectivity index (χ1) is 18.3. The second-order valence-electron chi connectivity index (χ2n) is 9.84. The van der Waals surface area contributed by atoms with E-state index in [1.54, 1.807) is 6.08 Å². The molecule has 0 radical (unpaired) electrons. The first kappa shape index (κ1) is 34.4. The Morgan fingerprint density at radius 3 is 2.21 bits per heavy atom. The molecule has 0 aliphatic carbocycles. The lowest BCUT2D eigenvalue weighted by atomic mass is 9.99. The molecule has 0 spiro atoms. The molecule has 38 heavy (non-hydrogen) atoms. The molecule has 1 fully saturated rings. The van der Waals surface area contributed by atoms with Gasteiger partial charge in [0.2, 0.25) is 5.91 Å². The van der Waals surface area contributed by atoms with E-state index in [0.717, 1.165) is 57.8 Å². The van der Waals surface area contributed by atoms with Crippen LogP contribution in [0.2, 0.25) is 0 Å². The van der Waals surface area contributed by atoms with Crippen LogP contribution in [0, 0.1) is 0 Å². The molecule has 1 heterocycles. The molecule has 1 aliphatic rings. The van der Waals surface area contributed by atoms with Crippen molar-refractivity contribution in [2.45, 2.75) is 127 Å². The van der Waals surface area contributed by atoms with Gasteiger partial charge in [0.25, 0.3) is 0 Å². The average Bonchev–Trinajstić information content (AvgIpc) is 2.91. The van der Waals surface area contributed by atoms with Crippen LogP contribution in [0.15, 0.2) is 36.5 Å². The smallest absolute Gasteiger partial charge is 0.220 e. The molecule has 1 amide bonds. The predicted octanol–water partition coefficient (Wildman–Crippen LogP) is 2.65. The molecule has 9 heteroatoms. The van der Waals surface area contributed by atoms with Gasteiger partial charge < -0.3 is 40.3 Å². The van der Waals surface area contributed by atoms with Crippen LogP contribution < -0.4 is 5.32 Å². The monoisotopic (exact) mass is 541 g/mol. The summed E-state index contributed by atoms with van der Waals surface area (Å²) in [5, 5.41) is 53.2. The van der Waals surface area contributed by atoms with Gasteiger partial charge in [-0.15, -0.1) is 0 Å². The number of carbonyl (C=O) groups excluding carboxylic acids is 1. The molecule has 1 aliphatic heterocycles. The maximum atomic E-state index is 12.6. The summed E-state index contributed by atoms with van der Waals surface area (Å²) in [4.78, 5) is 12.6. The summed E-state index contributed by atoms with van der Waals surface area (Å²) >= 11 is 0. The van der Waals surface area contributed by atoms with Crippen molar-refractivity contribution in [3.63, 3.8) is 0 Å². The molecule has 0 saturated carbocycles. The fourth-order valence-corrected chi connectivity index (χ4v) is 4.13. The number of unbranched alkanes of at least 4 members (excludes halogenated alkanes) is 7. The van der Waals surface area contributed by atoms with E-state index in [9.17, 15) is 30.3 Å². The highest BCUT2D eigenvalue weighted by atomic mass is 16.7. The van der Waals surface area contributed by atoms with E-state index in [-0.39, 0.29) is 12.5 Å². The van der Waals surface area contributed by atoms with Crippen LogP contribution in [-0.4, -0.2) is 87.5 Å². The van der Waals surface area contributed by atoms with Gasteiger partial charge in [-0.25, -0.2) is 0 Å². The number of aliphatic hydroxyl groups excluding tert-OH is 5. The van der Waals surface area contributed by atoms with Crippen molar-refractivity contribution < 1.29 is 39.8 Å². The molecule has 1 saturated heterocycles. The standard InChI is InChI=1S/C29H51NO8/c1-3-5-7-9-11-12-13-14-16-18-23(32)22(30-25(33)19-17-15-10-8-6-4-2)21-37-29-28(36)27(35)26(34)24(20-31)38-29/h3,5,11-12,16,18,22-24,26-29,31-32,34-36H,4,6-10,13-15,17,19-21H2,1-2H3,(H,30,33)/b5-3+,12-11+,18-16+. The molecule has 7 atom stereocenters. The Kier molecular flexibility index (Phi) is 19.3. The van der Waals surface area contributed by atoms with E-state index in [1.807, 2.05) is 19.1 Å². The maximum absolute atomic E-state index is 12.6. The Bertz CT molecular complexity index is 696. The van der Waals surface area contributed by atoms with Gasteiger partial charge in [0, 0.05) is 6.42 Å². The molecular weight excluding hydrogens is 490 g/mol. The topological polar surface area (TPSA) is 149 Å². The van der Waals surface area contributed by atoms with E-state index in [2.05, 4.69) is 30.5 Å². The second-order valence-corrected chi connectivity index (χ2v) is 9.84. The lowest BCUT2D eigenvalue weighted by molar-refractivity contribution is -0.302. The van der Waals surface area contributed by atoms with Gasteiger partial charge in [0.1, 0.15) is 24.4 Å². The molecule has 0 bridgehead atoms. The molecule has 0 aromatic rings. The van der Waals surface area contributed by atoms with Crippen LogP contribution in [0.1, 0.15) is 84.5 Å². The minimum absolute atomic E-state index is 0.207. The third-order valence-electron chi connectivity index (χ3n) is 6.54. The van der Waals surface area contributed by atoms with Crippen molar-refractivity contribution >= 4 is 5.91 Å². The summed E-state index contributed by atoms with van der Waals surface area (Å²) in [6.07, 6.45) is 13.9.